The SMILES string of the molecule is C[SiH](C)[Hf]([CH]1C=Cc2ccccc21)([CH]1C=Cc2ccccc21)[CH]1c2ccccc2-c2ccccc21.Cl.Cl. The van der Waals surface area contributed by atoms with Crippen molar-refractivity contribution in [3.63, 3.8) is 0 Å². The Balaban J connectivity index is 0.00000140. The zero-order valence-electron chi connectivity index (χ0n) is 21.2. The molecule has 37 heavy (non-hydrogen) atoms. The molecule has 186 valence electrons. The van der Waals surface area contributed by atoms with Crippen molar-refractivity contribution in [2.45, 2.75) is 24.1 Å². The molecule has 2 unspecified atom stereocenters. The maximum atomic E-state index is 2.70. The van der Waals surface area contributed by atoms with Gasteiger partial charge in [0.05, 0.1) is 0 Å². The summed E-state index contributed by atoms with van der Waals surface area (Å²) in [5.74, 6) is -1.10. The number of benzene rings is 4. The molecule has 0 spiro atoms. The van der Waals surface area contributed by atoms with Crippen LogP contribution in [0, 0.1) is 0 Å². The second-order valence-corrected chi connectivity index (χ2v) is 47.4. The third kappa shape index (κ3) is 3.79. The summed E-state index contributed by atoms with van der Waals surface area (Å²) in [7, 11) is 0. The molecule has 4 aromatic carbocycles. The minimum absolute atomic E-state index is 0. The molecule has 0 saturated heterocycles. The van der Waals surface area contributed by atoms with E-state index in [-0.39, 0.29) is 24.8 Å². The van der Waals surface area contributed by atoms with Crippen molar-refractivity contribution in [2.24, 2.45) is 0 Å². The van der Waals surface area contributed by atoms with E-state index in [2.05, 4.69) is 134 Å². The average Bonchev–Trinajstić information content (AvgIpc) is 3.60. The first-order valence-corrected chi connectivity index (χ1v) is 28.3. The topological polar surface area (TPSA) is 0 Å². The van der Waals surface area contributed by atoms with Gasteiger partial charge in [0.1, 0.15) is 0 Å². The Morgan fingerprint density at radius 3 is 1.32 bits per heavy atom. The van der Waals surface area contributed by atoms with Gasteiger partial charge in [-0.2, -0.15) is 0 Å². The molecule has 4 aromatic rings. The van der Waals surface area contributed by atoms with Gasteiger partial charge in [0, 0.05) is 0 Å². The molecular weight excluding hydrogens is 674 g/mol. The minimum atomic E-state index is -3.43. The largest absolute Gasteiger partial charge is 0.147 e. The molecule has 0 heterocycles. The average molecular weight is 706 g/mol. The molecule has 0 radical (unpaired) electrons. The van der Waals surface area contributed by atoms with E-state index >= 15 is 0 Å². The van der Waals surface area contributed by atoms with Crippen LogP contribution in [0.25, 0.3) is 23.3 Å². The third-order valence-corrected chi connectivity index (χ3v) is 58.4. The standard InChI is InChI=1S/C13H9.2C9H7.C2H7Si.2ClH.Hf/c1-3-7-12-10(5-1)9-11-6-2-4-8-13(11)12;2*1-2-5-9-7-3-6-8(9)4-1;1-3-2;;;/h1-9H;2*1-7H;3H,1-2H3;2*1H;. The van der Waals surface area contributed by atoms with Crippen LogP contribution in [0.1, 0.15) is 44.4 Å². The van der Waals surface area contributed by atoms with E-state index in [1.165, 1.54) is 22.3 Å². The Morgan fingerprint density at radius 1 is 0.514 bits per heavy atom. The van der Waals surface area contributed by atoms with E-state index in [1.807, 2.05) is 0 Å². The first kappa shape index (κ1) is 26.6. The first-order valence-electron chi connectivity index (χ1n) is 12.9. The van der Waals surface area contributed by atoms with Gasteiger partial charge in [-0.05, 0) is 0 Å². The molecule has 0 aliphatic heterocycles. The Labute approximate surface area is 238 Å². The number of halogens is 2. The Kier molecular flexibility index (Phi) is 7.41. The molecule has 0 amide bonds. The van der Waals surface area contributed by atoms with E-state index in [0.29, 0.717) is 11.0 Å². The van der Waals surface area contributed by atoms with Gasteiger partial charge in [0.15, 0.2) is 0 Å². The quantitative estimate of drug-likeness (QED) is 0.186. The second-order valence-electron chi connectivity index (χ2n) is 10.7. The van der Waals surface area contributed by atoms with Gasteiger partial charge in [-0.25, -0.2) is 0 Å². The Bertz CT molecular complexity index is 1420. The van der Waals surface area contributed by atoms with E-state index in [1.54, 1.807) is 22.3 Å². The summed E-state index contributed by atoms with van der Waals surface area (Å²) in [6.07, 6.45) is 10.2. The molecule has 2 atom stereocenters. The third-order valence-electron chi connectivity index (χ3n) is 9.01. The van der Waals surface area contributed by atoms with Crippen LogP contribution in [0.3, 0.4) is 0 Å². The summed E-state index contributed by atoms with van der Waals surface area (Å²) >= 11 is -3.43. The van der Waals surface area contributed by atoms with Gasteiger partial charge in [-0.1, -0.05) is 0 Å². The van der Waals surface area contributed by atoms with E-state index in [4.69, 9.17) is 0 Å². The Morgan fingerprint density at radius 2 is 0.892 bits per heavy atom. The molecule has 0 fully saturated rings. The summed E-state index contributed by atoms with van der Waals surface area (Å²) in [6, 6.07) is 37.3. The molecule has 7 rings (SSSR count). The van der Waals surface area contributed by atoms with Gasteiger partial charge in [0.25, 0.3) is 0 Å². The normalized spacial score (nSPS) is 19.9. The predicted octanol–water partition coefficient (Wildman–Crippen LogP) is 9.27. The molecule has 4 heteroatoms. The van der Waals surface area contributed by atoms with Crippen molar-refractivity contribution >= 4 is 42.9 Å². The first-order chi connectivity index (χ1) is 17.2. The molecule has 0 saturated carbocycles. The van der Waals surface area contributed by atoms with Crippen LogP contribution in [0.5, 0.6) is 0 Å². The van der Waals surface area contributed by atoms with Crippen LogP contribution in [-0.4, -0.2) is 5.98 Å². The predicted molar refractivity (Wildman–Crippen MR) is 164 cm³/mol. The number of hydrogen-bond acceptors (Lipinski definition) is 0. The number of allylic oxidation sites excluding steroid dienone is 2. The molecular formula is C33H32Cl2HfSi. The van der Waals surface area contributed by atoms with Crippen molar-refractivity contribution in [1.82, 2.24) is 0 Å². The Hall–Kier alpha value is -1.97. The van der Waals surface area contributed by atoms with Crippen LogP contribution in [0.4, 0.5) is 0 Å². The monoisotopic (exact) mass is 706 g/mol. The van der Waals surface area contributed by atoms with Gasteiger partial charge >= 0.3 is 215 Å². The zero-order chi connectivity index (χ0) is 23.6. The molecule has 3 aliphatic carbocycles. The number of rotatable bonds is 4. The summed E-state index contributed by atoms with van der Waals surface area (Å²) < 4.78 is 1.80. The van der Waals surface area contributed by atoms with E-state index < -0.39 is 25.1 Å². The summed E-state index contributed by atoms with van der Waals surface area (Å²) in [5, 5.41) is 0. The zero-order valence-corrected chi connectivity index (χ0v) is 27.6. The molecule has 0 nitrogen and oxygen atoms in total. The van der Waals surface area contributed by atoms with Crippen molar-refractivity contribution in [1.29, 1.82) is 0 Å². The van der Waals surface area contributed by atoms with Gasteiger partial charge in [-0.15, -0.1) is 24.8 Å². The summed E-state index contributed by atoms with van der Waals surface area (Å²) in [5.41, 5.74) is 12.3. The minimum Gasteiger partial charge on any atom is -0.147 e. The molecule has 0 bridgehead atoms. The van der Waals surface area contributed by atoms with E-state index in [9.17, 15) is 0 Å². The van der Waals surface area contributed by atoms with Crippen molar-refractivity contribution in [3.05, 3.63) is 143 Å². The van der Waals surface area contributed by atoms with Crippen molar-refractivity contribution < 1.29 is 19.1 Å². The maximum absolute atomic E-state index is 3.43. The smallest absolute Gasteiger partial charge is 0.147 e. The maximum Gasteiger partial charge on any atom is -0.147 e. The van der Waals surface area contributed by atoms with Crippen LogP contribution in [0.2, 0.25) is 13.1 Å². The van der Waals surface area contributed by atoms with Crippen LogP contribution < -0.4 is 0 Å². The fourth-order valence-electron chi connectivity index (χ4n) is 7.67. The molecule has 0 aromatic heterocycles. The summed E-state index contributed by atoms with van der Waals surface area (Å²) in [6.45, 7) is 5.41. The fraction of sp³-hybridized carbons (Fsp3) is 0.152. The van der Waals surface area contributed by atoms with Gasteiger partial charge in [-0.3, -0.25) is 0 Å². The van der Waals surface area contributed by atoms with Crippen molar-refractivity contribution in [2.75, 3.05) is 0 Å². The molecule has 3 aliphatic rings. The van der Waals surface area contributed by atoms with Crippen LogP contribution in [0.15, 0.2) is 109 Å². The molecule has 0 N–H and O–H groups in total. The van der Waals surface area contributed by atoms with E-state index in [0.717, 1.165) is 0 Å². The van der Waals surface area contributed by atoms with Crippen LogP contribution in [-0.2, 0) is 19.1 Å². The van der Waals surface area contributed by atoms with Crippen LogP contribution >= 0.6 is 24.8 Å². The van der Waals surface area contributed by atoms with Crippen molar-refractivity contribution in [3.8, 4) is 11.1 Å². The number of fused-ring (bicyclic) bond motifs is 5. The number of hydrogen-bond donors (Lipinski definition) is 0. The van der Waals surface area contributed by atoms with Gasteiger partial charge < -0.3 is 0 Å². The summed E-state index contributed by atoms with van der Waals surface area (Å²) in [4.78, 5) is 0. The second kappa shape index (κ2) is 10.3. The van der Waals surface area contributed by atoms with Gasteiger partial charge in [0.2, 0.25) is 0 Å². The fourth-order valence-corrected chi connectivity index (χ4v) is 58.6.